The lowest BCUT2D eigenvalue weighted by molar-refractivity contribution is -0.330. The largest absolute Gasteiger partial charge is 0.482 e. The molecule has 9 atom stereocenters. The number of carbonyl (C=O) groups is 1. The second-order valence-electron chi connectivity index (χ2n) is 14.7. The van der Waals surface area contributed by atoms with Crippen molar-refractivity contribution in [1.82, 2.24) is 4.98 Å². The summed E-state index contributed by atoms with van der Waals surface area (Å²) in [5, 5.41) is 12.3. The first-order valence-electron chi connectivity index (χ1n) is 16.9. The van der Waals surface area contributed by atoms with Gasteiger partial charge in [-0.05, 0) is 80.0 Å². The number of benzene rings is 2. The Morgan fingerprint density at radius 1 is 1.02 bits per heavy atom. The van der Waals surface area contributed by atoms with Crippen LogP contribution in [0.5, 0.6) is 5.75 Å². The Morgan fingerprint density at radius 2 is 1.80 bits per heavy atom. The average molecular weight is 686 g/mol. The molecular weight excluding hydrogens is 648 g/mol. The molecule has 9 nitrogen and oxygen atoms in total. The van der Waals surface area contributed by atoms with E-state index in [9.17, 15) is 23.5 Å². The van der Waals surface area contributed by atoms with Crippen LogP contribution in [0.2, 0.25) is 0 Å². The number of esters is 1. The second kappa shape index (κ2) is 11.8. The number of hydrogen-bond donors (Lipinski definition) is 1. The summed E-state index contributed by atoms with van der Waals surface area (Å²) in [7, 11) is 0. The molecule has 1 N–H and O–H groups in total. The minimum Gasteiger partial charge on any atom is -0.482 e. The van der Waals surface area contributed by atoms with E-state index in [-0.39, 0.29) is 41.3 Å². The fourth-order valence-corrected chi connectivity index (χ4v) is 9.47. The van der Waals surface area contributed by atoms with E-state index in [2.05, 4.69) is 18.8 Å². The topological polar surface area (TPSA) is 117 Å². The van der Waals surface area contributed by atoms with Crippen LogP contribution < -0.4 is 10.4 Å². The third kappa shape index (κ3) is 5.00. The van der Waals surface area contributed by atoms with Gasteiger partial charge in [-0.25, -0.2) is 18.4 Å². The summed E-state index contributed by atoms with van der Waals surface area (Å²) in [6, 6.07) is 16.5. The Balaban J connectivity index is 1.21. The molecule has 50 heavy (non-hydrogen) atoms. The van der Waals surface area contributed by atoms with Crippen molar-refractivity contribution >= 4 is 5.97 Å². The van der Waals surface area contributed by atoms with Crippen molar-refractivity contribution in [2.45, 2.75) is 70.2 Å². The molecule has 0 bridgehead atoms. The first-order valence-corrected chi connectivity index (χ1v) is 16.9. The number of carbonyl (C=O) groups excluding carboxylic acids is 1. The van der Waals surface area contributed by atoms with E-state index in [1.807, 2.05) is 6.92 Å². The number of rotatable bonds is 4. The number of ether oxygens (including phenoxy) is 4. The first kappa shape index (κ1) is 32.7. The molecule has 8 rings (SSSR count). The zero-order chi connectivity index (χ0) is 35.0. The highest BCUT2D eigenvalue weighted by molar-refractivity contribution is 5.89. The average Bonchev–Trinajstić information content (AvgIpc) is 3.09. The van der Waals surface area contributed by atoms with E-state index in [1.54, 1.807) is 48.8 Å². The summed E-state index contributed by atoms with van der Waals surface area (Å²) in [5.74, 6) is -2.28. The monoisotopic (exact) mass is 685 g/mol. The van der Waals surface area contributed by atoms with E-state index in [0.717, 1.165) is 0 Å². The molecule has 0 radical (unpaired) electrons. The molecule has 4 aromatic rings. The second-order valence-corrected chi connectivity index (χ2v) is 14.7. The molecule has 11 heteroatoms. The third-order valence-electron chi connectivity index (χ3n) is 11.8. The molecule has 1 saturated heterocycles. The van der Waals surface area contributed by atoms with Crippen LogP contribution in [0.15, 0.2) is 88.3 Å². The number of pyridine rings is 1. The van der Waals surface area contributed by atoms with Crippen molar-refractivity contribution in [2.24, 2.45) is 22.7 Å². The molecule has 3 unspecified atom stereocenters. The molecule has 2 aromatic carbocycles. The highest BCUT2D eigenvalue weighted by Gasteiger charge is 2.71. The number of fused-ring (bicyclic) bond motifs is 6. The van der Waals surface area contributed by atoms with Crippen molar-refractivity contribution in [1.29, 1.82) is 0 Å². The fraction of sp³-hybridized carbons (Fsp3) is 0.410. The van der Waals surface area contributed by atoms with Gasteiger partial charge >= 0.3 is 11.6 Å². The number of halogens is 2. The molecule has 2 saturated carbocycles. The van der Waals surface area contributed by atoms with Crippen molar-refractivity contribution in [3.05, 3.63) is 118 Å². The molecule has 260 valence electrons. The van der Waals surface area contributed by atoms with Crippen LogP contribution in [-0.2, 0) is 14.2 Å². The Hall–Kier alpha value is -4.45. The van der Waals surface area contributed by atoms with Crippen LogP contribution in [-0.4, -0.2) is 40.5 Å². The quantitative estimate of drug-likeness (QED) is 0.228. The van der Waals surface area contributed by atoms with E-state index >= 15 is 0 Å². The van der Waals surface area contributed by atoms with Crippen LogP contribution in [0.4, 0.5) is 8.78 Å². The van der Waals surface area contributed by atoms with E-state index < -0.39 is 64.1 Å². The van der Waals surface area contributed by atoms with Gasteiger partial charge in [-0.15, -0.1) is 0 Å². The first-order chi connectivity index (χ1) is 23.9. The number of nitrogens with zero attached hydrogens (tertiary/aromatic N) is 1. The van der Waals surface area contributed by atoms with E-state index in [4.69, 9.17) is 23.4 Å². The molecular formula is C39H37F2NO8. The lowest BCUT2D eigenvalue weighted by Crippen LogP contribution is -2.72. The Kier molecular flexibility index (Phi) is 7.74. The summed E-state index contributed by atoms with van der Waals surface area (Å²) < 4.78 is 60.1. The van der Waals surface area contributed by atoms with Crippen LogP contribution in [0, 0.1) is 34.3 Å². The molecule has 4 aliphatic rings. The molecule has 3 fully saturated rings. The van der Waals surface area contributed by atoms with Gasteiger partial charge in [0.25, 0.3) is 0 Å². The fourth-order valence-electron chi connectivity index (χ4n) is 9.47. The normalized spacial score (nSPS) is 34.3. The predicted octanol–water partition coefficient (Wildman–Crippen LogP) is 6.95. The number of aromatic nitrogens is 1. The van der Waals surface area contributed by atoms with Gasteiger partial charge in [0.15, 0.2) is 6.29 Å². The van der Waals surface area contributed by atoms with Crippen LogP contribution >= 0.6 is 0 Å². The Bertz CT molecular complexity index is 2010. The smallest absolute Gasteiger partial charge is 0.345 e. The maximum absolute atomic E-state index is 14.8. The zero-order valence-electron chi connectivity index (χ0n) is 27.8. The van der Waals surface area contributed by atoms with Gasteiger partial charge in [-0.3, -0.25) is 4.98 Å². The van der Waals surface area contributed by atoms with Gasteiger partial charge < -0.3 is 28.5 Å². The molecule has 0 spiro atoms. The van der Waals surface area contributed by atoms with Crippen molar-refractivity contribution in [2.75, 3.05) is 6.61 Å². The predicted molar refractivity (Wildman–Crippen MR) is 175 cm³/mol. The van der Waals surface area contributed by atoms with Crippen molar-refractivity contribution in [3.63, 3.8) is 0 Å². The summed E-state index contributed by atoms with van der Waals surface area (Å²) in [6.45, 7) is 6.15. The maximum Gasteiger partial charge on any atom is 0.345 e. The summed E-state index contributed by atoms with van der Waals surface area (Å²) in [5.41, 5.74) is -2.39. The van der Waals surface area contributed by atoms with Crippen molar-refractivity contribution in [3.8, 4) is 17.1 Å². The van der Waals surface area contributed by atoms with Crippen LogP contribution in [0.1, 0.15) is 73.9 Å². The molecule has 2 aromatic heterocycles. The molecule has 4 heterocycles. The SMILES string of the molecule is CC12CO[C@@H](c3ccccc3F)O[C@H]1CC[C@@]1(C)C2C[C@H](OC(=O)c2ccc(F)cc2)[C@@]2(C)Oc3cc(-c4cccnc4)oc(=O)c3[C@H](O)C12. The van der Waals surface area contributed by atoms with Crippen molar-refractivity contribution < 1.29 is 42.0 Å². The Morgan fingerprint density at radius 3 is 2.54 bits per heavy atom. The maximum atomic E-state index is 14.8. The Labute approximate surface area is 287 Å². The minimum absolute atomic E-state index is 0.00589. The third-order valence-corrected chi connectivity index (χ3v) is 11.8. The lowest BCUT2D eigenvalue weighted by Gasteiger charge is -2.67. The summed E-state index contributed by atoms with van der Waals surface area (Å²) in [4.78, 5) is 31.5. The standard InChI is InChI=1S/C39H37F2NO8/c1-37-15-14-29-38(2,20-46-36(49-29)24-8-4-5-9-25(24)41)28(37)18-30(48-34(44)21-10-12-23(40)13-11-21)39(3)33(37)32(43)31-27(50-39)17-26(47-35(31)45)22-7-6-16-42-19-22/h4-13,16-17,19,28-30,32-33,36,43H,14-15,18,20H2,1-3H3/t28?,29-,30-,32-,33?,36+,37-,38?,39+/m0/s1. The summed E-state index contributed by atoms with van der Waals surface area (Å²) in [6.07, 6.45) is 1.07. The number of aliphatic hydroxyl groups excluding tert-OH is 1. The number of aliphatic hydroxyl groups is 1. The van der Waals surface area contributed by atoms with Gasteiger partial charge in [0.1, 0.15) is 40.4 Å². The zero-order valence-corrected chi connectivity index (χ0v) is 27.8. The highest BCUT2D eigenvalue weighted by Crippen LogP contribution is 2.68. The molecule has 0 amide bonds. The van der Waals surface area contributed by atoms with Crippen LogP contribution in [0.25, 0.3) is 11.3 Å². The molecule has 2 aliphatic heterocycles. The van der Waals surface area contributed by atoms with E-state index in [1.165, 1.54) is 30.3 Å². The minimum atomic E-state index is -1.35. The summed E-state index contributed by atoms with van der Waals surface area (Å²) >= 11 is 0. The van der Waals surface area contributed by atoms with E-state index in [0.29, 0.717) is 30.4 Å². The molecule has 2 aliphatic carbocycles. The highest BCUT2D eigenvalue weighted by atomic mass is 19.1. The van der Waals surface area contributed by atoms with Gasteiger partial charge in [-0.2, -0.15) is 0 Å². The van der Waals surface area contributed by atoms with Gasteiger partial charge in [0, 0.05) is 40.9 Å². The van der Waals surface area contributed by atoms with Gasteiger partial charge in [0.2, 0.25) is 0 Å². The van der Waals surface area contributed by atoms with Gasteiger partial charge in [-0.1, -0.05) is 32.0 Å². The lowest BCUT2D eigenvalue weighted by atomic mass is 9.42. The van der Waals surface area contributed by atoms with Crippen LogP contribution in [0.3, 0.4) is 0 Å². The number of hydrogen-bond acceptors (Lipinski definition) is 9. The van der Waals surface area contributed by atoms with Gasteiger partial charge in [0.05, 0.1) is 24.4 Å².